The Kier molecular flexibility index (Phi) is 9.42. The van der Waals surface area contributed by atoms with Crippen molar-refractivity contribution in [3.8, 4) is 0 Å². The van der Waals surface area contributed by atoms with Crippen molar-refractivity contribution in [1.29, 1.82) is 0 Å². The Morgan fingerprint density at radius 3 is 2.50 bits per heavy atom. The lowest BCUT2D eigenvalue weighted by Crippen LogP contribution is -2.28. The van der Waals surface area contributed by atoms with E-state index in [1.165, 1.54) is 29.6 Å². The monoisotopic (exact) mass is 450 g/mol. The SMILES string of the molecule is CC(NC=O)C1=CC=CC1.O=C(NCc1ccc(C2=CCCC=C2S)cc1)C1CCCC1. The number of nitrogens with one attached hydrogen (secondary N) is 2. The lowest BCUT2D eigenvalue weighted by atomic mass is 9.98. The molecule has 3 aliphatic rings. The molecule has 0 aliphatic heterocycles. The zero-order valence-electron chi connectivity index (χ0n) is 18.8. The number of carbonyl (C=O) groups is 2. The molecule has 1 unspecified atom stereocenters. The second-order valence-electron chi connectivity index (χ2n) is 8.56. The molecule has 0 aromatic heterocycles. The van der Waals surface area contributed by atoms with Crippen LogP contribution >= 0.6 is 12.6 Å². The van der Waals surface area contributed by atoms with E-state index in [1.807, 2.05) is 19.1 Å². The maximum Gasteiger partial charge on any atom is 0.223 e. The van der Waals surface area contributed by atoms with E-state index >= 15 is 0 Å². The van der Waals surface area contributed by atoms with E-state index in [2.05, 4.69) is 65.8 Å². The van der Waals surface area contributed by atoms with Crippen LogP contribution in [-0.2, 0) is 16.1 Å². The Bertz CT molecular complexity index is 906. The summed E-state index contributed by atoms with van der Waals surface area (Å²) in [5.74, 6) is 0.459. The molecule has 0 bridgehead atoms. The van der Waals surface area contributed by atoms with Gasteiger partial charge in [0.25, 0.3) is 0 Å². The largest absolute Gasteiger partial charge is 0.352 e. The molecule has 1 saturated carbocycles. The molecule has 0 heterocycles. The zero-order valence-corrected chi connectivity index (χ0v) is 19.7. The van der Waals surface area contributed by atoms with Gasteiger partial charge in [-0.3, -0.25) is 9.59 Å². The summed E-state index contributed by atoms with van der Waals surface area (Å²) in [5, 5.41) is 5.77. The summed E-state index contributed by atoms with van der Waals surface area (Å²) in [4.78, 5) is 23.1. The summed E-state index contributed by atoms with van der Waals surface area (Å²) >= 11 is 4.55. The second-order valence-corrected chi connectivity index (χ2v) is 9.04. The van der Waals surface area contributed by atoms with Crippen molar-refractivity contribution >= 4 is 30.5 Å². The number of thiol groups is 1. The van der Waals surface area contributed by atoms with Crippen LogP contribution in [0, 0.1) is 5.92 Å². The minimum Gasteiger partial charge on any atom is -0.352 e. The van der Waals surface area contributed by atoms with Gasteiger partial charge in [-0.05, 0) is 61.3 Å². The van der Waals surface area contributed by atoms with Crippen LogP contribution in [0.3, 0.4) is 0 Å². The molecule has 3 aliphatic carbocycles. The Labute approximate surface area is 197 Å². The van der Waals surface area contributed by atoms with Crippen LogP contribution in [-0.4, -0.2) is 18.4 Å². The van der Waals surface area contributed by atoms with Gasteiger partial charge in [-0.1, -0.05) is 67.5 Å². The predicted octanol–water partition coefficient (Wildman–Crippen LogP) is 5.49. The first-order valence-corrected chi connectivity index (χ1v) is 12.0. The molecule has 170 valence electrons. The first-order chi connectivity index (χ1) is 15.6. The van der Waals surface area contributed by atoms with Gasteiger partial charge >= 0.3 is 0 Å². The van der Waals surface area contributed by atoms with Crippen molar-refractivity contribution < 1.29 is 9.59 Å². The number of amides is 2. The van der Waals surface area contributed by atoms with Gasteiger partial charge in [0.15, 0.2) is 0 Å². The lowest BCUT2D eigenvalue weighted by molar-refractivity contribution is -0.125. The summed E-state index contributed by atoms with van der Waals surface area (Å²) in [6, 6.07) is 8.63. The molecule has 5 heteroatoms. The molecule has 0 radical (unpaired) electrons. The summed E-state index contributed by atoms with van der Waals surface area (Å²) in [6.45, 7) is 2.60. The molecule has 2 N–H and O–H groups in total. The second kappa shape index (κ2) is 12.5. The molecule has 2 amide bonds. The molecule has 0 spiro atoms. The molecule has 32 heavy (non-hydrogen) atoms. The van der Waals surface area contributed by atoms with Crippen molar-refractivity contribution in [2.75, 3.05) is 0 Å². The van der Waals surface area contributed by atoms with Gasteiger partial charge in [-0.2, -0.15) is 0 Å². The number of rotatable bonds is 7. The molecule has 1 aromatic rings. The maximum atomic E-state index is 12.0. The third-order valence-electron chi connectivity index (χ3n) is 6.26. The van der Waals surface area contributed by atoms with Gasteiger partial charge in [0.1, 0.15) is 0 Å². The van der Waals surface area contributed by atoms with E-state index in [1.54, 1.807) is 0 Å². The van der Waals surface area contributed by atoms with Crippen LogP contribution in [0.1, 0.15) is 63.0 Å². The van der Waals surface area contributed by atoms with Gasteiger partial charge in [0.2, 0.25) is 12.3 Å². The van der Waals surface area contributed by atoms with Gasteiger partial charge in [-0.25, -0.2) is 0 Å². The fraction of sp³-hybridized carbons (Fsp3) is 0.407. The Morgan fingerprint density at radius 1 is 1.16 bits per heavy atom. The minimum absolute atomic E-state index is 0.187. The minimum atomic E-state index is 0.187. The Balaban J connectivity index is 0.000000243. The number of carbonyl (C=O) groups excluding carboxylic acids is 2. The third-order valence-corrected chi connectivity index (χ3v) is 6.68. The highest BCUT2D eigenvalue weighted by Crippen LogP contribution is 2.30. The molecule has 1 aromatic carbocycles. The van der Waals surface area contributed by atoms with Crippen molar-refractivity contribution in [2.24, 2.45) is 5.92 Å². The normalized spacial score (nSPS) is 18.6. The van der Waals surface area contributed by atoms with Crippen LogP contribution in [0.4, 0.5) is 0 Å². The van der Waals surface area contributed by atoms with Crippen LogP contribution < -0.4 is 10.6 Å². The van der Waals surface area contributed by atoms with Crippen molar-refractivity contribution in [3.63, 3.8) is 0 Å². The van der Waals surface area contributed by atoms with E-state index < -0.39 is 0 Å². The van der Waals surface area contributed by atoms with E-state index in [4.69, 9.17) is 0 Å². The molecular formula is C27H34N2O2S. The summed E-state index contributed by atoms with van der Waals surface area (Å²) in [5.41, 5.74) is 4.84. The van der Waals surface area contributed by atoms with Crippen molar-refractivity contribution in [3.05, 3.63) is 76.3 Å². The standard InChI is InChI=1S/C19H23NOS.C8H11NO/c21-19(16-5-1-2-6-16)20-13-14-9-11-15(12-10-14)17-7-3-4-8-18(17)22;1-7(9-6-10)8-4-2-3-5-8/h7-12,16,22H,1-6,13H2,(H,20,21);2-4,6-7H,5H2,1H3,(H,9,10). The van der Waals surface area contributed by atoms with Gasteiger partial charge in [-0.15, -0.1) is 12.6 Å². The van der Waals surface area contributed by atoms with Gasteiger partial charge in [0, 0.05) is 23.4 Å². The van der Waals surface area contributed by atoms with Crippen LogP contribution in [0.15, 0.2) is 65.1 Å². The lowest BCUT2D eigenvalue weighted by Gasteiger charge is -2.13. The average molecular weight is 451 g/mol. The van der Waals surface area contributed by atoms with Gasteiger partial charge in [0.05, 0.1) is 0 Å². The molecule has 0 saturated heterocycles. The van der Waals surface area contributed by atoms with Crippen LogP contribution in [0.25, 0.3) is 5.57 Å². The number of benzene rings is 1. The molecule has 4 rings (SSSR count). The highest BCUT2D eigenvalue weighted by molar-refractivity contribution is 7.85. The summed E-state index contributed by atoms with van der Waals surface area (Å²) < 4.78 is 0. The van der Waals surface area contributed by atoms with E-state index in [0.717, 1.165) is 49.0 Å². The fourth-order valence-electron chi connectivity index (χ4n) is 4.25. The quantitative estimate of drug-likeness (QED) is 0.380. The summed E-state index contributed by atoms with van der Waals surface area (Å²) in [6.07, 6.45) is 18.9. The van der Waals surface area contributed by atoms with Crippen molar-refractivity contribution in [2.45, 2.75) is 64.5 Å². The van der Waals surface area contributed by atoms with E-state index in [9.17, 15) is 9.59 Å². The number of hydrogen-bond acceptors (Lipinski definition) is 3. The first-order valence-electron chi connectivity index (χ1n) is 11.6. The van der Waals surface area contributed by atoms with E-state index in [-0.39, 0.29) is 17.9 Å². The zero-order chi connectivity index (χ0) is 22.8. The van der Waals surface area contributed by atoms with E-state index in [0.29, 0.717) is 6.54 Å². The topological polar surface area (TPSA) is 58.2 Å². The van der Waals surface area contributed by atoms with Gasteiger partial charge < -0.3 is 10.6 Å². The Hall–Kier alpha value is -2.53. The maximum absolute atomic E-state index is 12.0. The highest BCUT2D eigenvalue weighted by atomic mass is 32.1. The first kappa shape index (κ1) is 24.1. The number of allylic oxidation sites excluding steroid dienone is 6. The smallest absolute Gasteiger partial charge is 0.223 e. The summed E-state index contributed by atoms with van der Waals surface area (Å²) in [7, 11) is 0. The average Bonchev–Trinajstić information content (AvgIpc) is 3.54. The fourth-order valence-corrected chi connectivity index (χ4v) is 4.60. The van der Waals surface area contributed by atoms with Crippen molar-refractivity contribution in [1.82, 2.24) is 10.6 Å². The Morgan fingerprint density at radius 2 is 1.88 bits per heavy atom. The molecular weight excluding hydrogens is 416 g/mol. The molecule has 4 nitrogen and oxygen atoms in total. The number of hydrogen-bond donors (Lipinski definition) is 3. The molecule has 1 fully saturated rings. The van der Waals surface area contributed by atoms with Crippen LogP contribution in [0.5, 0.6) is 0 Å². The van der Waals surface area contributed by atoms with Crippen LogP contribution in [0.2, 0.25) is 0 Å². The predicted molar refractivity (Wildman–Crippen MR) is 135 cm³/mol. The highest BCUT2D eigenvalue weighted by Gasteiger charge is 2.22. The molecule has 1 atom stereocenters. The third kappa shape index (κ3) is 6.99.